The van der Waals surface area contributed by atoms with Crippen LogP contribution >= 0.6 is 0 Å². The smallest absolute Gasteiger partial charge is 0.269 e. The normalized spacial score (nSPS) is 44.2. The molecule has 1 aliphatic heterocycles. The second-order valence-corrected chi connectivity index (χ2v) is 16.2. The minimum Gasteiger partial charge on any atom is -0.311 e. The van der Waals surface area contributed by atoms with Crippen LogP contribution in [0.1, 0.15) is 117 Å². The fourth-order valence-electron chi connectivity index (χ4n) is 11.6. The van der Waals surface area contributed by atoms with Gasteiger partial charge < -0.3 is 5.32 Å². The van der Waals surface area contributed by atoms with Gasteiger partial charge in [0.05, 0.1) is 5.41 Å². The standard InChI is InChI=1S/C36H54N4O2/c1-23-11-17-36(31(42)40-39-30(41)25-13-21-37-22-14-25)19-18-34(6)26(29(36)24(23)2)9-10-28-33(5)15-8-20-38-32(3,4)27(33)12-16-35(28,34)7/h9,13-14,21-24,27-29,38H,8,10-12,15-20H2,1-7H3,(H,39,41)(H,40,42)/t23-,24+,27+,28-,29+,33+,34-,35-,36+/m1/s1. The first-order chi connectivity index (χ1) is 19.8. The van der Waals surface area contributed by atoms with Gasteiger partial charge in [-0.1, -0.05) is 46.3 Å². The summed E-state index contributed by atoms with van der Waals surface area (Å²) in [6.07, 6.45) is 15.9. The molecule has 3 N–H and O–H groups in total. The highest BCUT2D eigenvalue weighted by atomic mass is 16.2. The minimum absolute atomic E-state index is 0.00357. The number of rotatable bonds is 2. The van der Waals surface area contributed by atoms with Crippen molar-refractivity contribution in [3.63, 3.8) is 0 Å². The molecule has 0 radical (unpaired) electrons. The highest BCUT2D eigenvalue weighted by Gasteiger charge is 2.68. The van der Waals surface area contributed by atoms with Crippen molar-refractivity contribution in [3.05, 3.63) is 41.7 Å². The van der Waals surface area contributed by atoms with Crippen LogP contribution in [0.25, 0.3) is 0 Å². The molecule has 4 fully saturated rings. The Bertz CT molecular complexity index is 1260. The summed E-state index contributed by atoms with van der Waals surface area (Å²) in [5, 5.41) is 3.92. The van der Waals surface area contributed by atoms with E-state index in [0.717, 1.165) is 38.6 Å². The molecule has 2 heterocycles. The van der Waals surface area contributed by atoms with Crippen molar-refractivity contribution in [1.29, 1.82) is 0 Å². The Morgan fingerprint density at radius 1 is 0.905 bits per heavy atom. The Hall–Kier alpha value is -2.21. The van der Waals surface area contributed by atoms with Crippen LogP contribution in [0.4, 0.5) is 0 Å². The lowest BCUT2D eigenvalue weighted by Gasteiger charge is -2.70. The lowest BCUT2D eigenvalue weighted by atomic mass is 9.34. The number of hydrogen-bond acceptors (Lipinski definition) is 4. The lowest BCUT2D eigenvalue weighted by Crippen LogP contribution is -2.66. The van der Waals surface area contributed by atoms with Gasteiger partial charge in [-0.15, -0.1) is 0 Å². The molecule has 42 heavy (non-hydrogen) atoms. The maximum atomic E-state index is 14.3. The van der Waals surface area contributed by atoms with Crippen LogP contribution in [0, 0.1) is 51.2 Å². The van der Waals surface area contributed by atoms with Crippen LogP contribution < -0.4 is 16.2 Å². The van der Waals surface area contributed by atoms with E-state index in [0.29, 0.717) is 34.7 Å². The summed E-state index contributed by atoms with van der Waals surface area (Å²) in [7, 11) is 0. The van der Waals surface area contributed by atoms with Crippen LogP contribution in [0.2, 0.25) is 0 Å². The van der Waals surface area contributed by atoms with Crippen molar-refractivity contribution < 1.29 is 9.59 Å². The summed E-state index contributed by atoms with van der Waals surface area (Å²) in [5.41, 5.74) is 7.98. The van der Waals surface area contributed by atoms with Gasteiger partial charge in [0, 0.05) is 23.5 Å². The van der Waals surface area contributed by atoms with E-state index in [9.17, 15) is 9.59 Å². The Morgan fingerprint density at radius 3 is 2.38 bits per heavy atom. The summed E-state index contributed by atoms with van der Waals surface area (Å²) < 4.78 is 0. The number of carbonyl (C=O) groups is 2. The van der Waals surface area contributed by atoms with Crippen LogP contribution in [0.15, 0.2) is 36.2 Å². The first kappa shape index (κ1) is 29.8. The van der Waals surface area contributed by atoms with Crippen molar-refractivity contribution in [2.45, 2.75) is 112 Å². The summed E-state index contributed by atoms with van der Waals surface area (Å²) in [5.74, 6) is 2.21. The Labute approximate surface area is 253 Å². The van der Waals surface area contributed by atoms with E-state index >= 15 is 0 Å². The number of nitrogens with one attached hydrogen (secondary N) is 3. The number of fused-ring (bicyclic) bond motifs is 7. The third-order valence-electron chi connectivity index (χ3n) is 14.3. The van der Waals surface area contributed by atoms with Crippen molar-refractivity contribution in [1.82, 2.24) is 21.2 Å². The van der Waals surface area contributed by atoms with Gasteiger partial charge in [0.25, 0.3) is 5.91 Å². The second kappa shape index (κ2) is 10.2. The highest BCUT2D eigenvalue weighted by Crippen LogP contribution is 2.74. The molecular weight excluding hydrogens is 520 g/mol. The molecule has 2 amide bonds. The predicted octanol–water partition coefficient (Wildman–Crippen LogP) is 6.84. The summed E-state index contributed by atoms with van der Waals surface area (Å²) in [6, 6.07) is 3.34. The molecule has 6 nitrogen and oxygen atoms in total. The van der Waals surface area contributed by atoms with E-state index in [2.05, 4.69) is 75.7 Å². The second-order valence-electron chi connectivity index (χ2n) is 16.2. The topological polar surface area (TPSA) is 83.1 Å². The number of amides is 2. The van der Waals surface area contributed by atoms with Crippen molar-refractivity contribution in [2.75, 3.05) is 6.54 Å². The van der Waals surface area contributed by atoms with Crippen molar-refractivity contribution in [2.24, 2.45) is 51.2 Å². The molecule has 0 spiro atoms. The fraction of sp³-hybridized carbons (Fsp3) is 0.750. The number of aromatic nitrogens is 1. The predicted molar refractivity (Wildman–Crippen MR) is 167 cm³/mol. The highest BCUT2D eigenvalue weighted by molar-refractivity contribution is 5.96. The summed E-state index contributed by atoms with van der Waals surface area (Å²) in [6.45, 7) is 18.6. The summed E-state index contributed by atoms with van der Waals surface area (Å²) >= 11 is 0. The van der Waals surface area contributed by atoms with E-state index in [4.69, 9.17) is 0 Å². The zero-order valence-electron chi connectivity index (χ0n) is 27.1. The summed E-state index contributed by atoms with van der Waals surface area (Å²) in [4.78, 5) is 31.1. The first-order valence-corrected chi connectivity index (χ1v) is 16.8. The molecule has 0 unspecified atom stereocenters. The van der Waals surface area contributed by atoms with Gasteiger partial charge in [-0.3, -0.25) is 25.4 Å². The third kappa shape index (κ3) is 4.17. The molecule has 6 heteroatoms. The van der Waals surface area contributed by atoms with Gasteiger partial charge in [-0.25, -0.2) is 0 Å². The maximum absolute atomic E-state index is 14.3. The van der Waals surface area contributed by atoms with E-state index in [-0.39, 0.29) is 34.1 Å². The van der Waals surface area contributed by atoms with Crippen LogP contribution in [-0.4, -0.2) is 28.9 Å². The average molecular weight is 575 g/mol. The molecule has 1 aromatic heterocycles. The zero-order valence-corrected chi connectivity index (χ0v) is 27.1. The zero-order chi connectivity index (χ0) is 30.1. The maximum Gasteiger partial charge on any atom is 0.269 e. The first-order valence-electron chi connectivity index (χ1n) is 16.8. The van der Waals surface area contributed by atoms with Crippen LogP contribution in [0.5, 0.6) is 0 Å². The SMILES string of the molecule is C[C@H]1[C@H](C)CC[C@]2(C(=O)NNC(=O)c3ccncc3)CC[C@]3(C)C(=CC[C@@H]4[C@@]5(C)CCCNC(C)(C)[C@@H]5CC[C@]43C)[C@H]12. The molecule has 1 aromatic rings. The van der Waals surface area contributed by atoms with Gasteiger partial charge in [0.2, 0.25) is 5.91 Å². The van der Waals surface area contributed by atoms with E-state index in [1.54, 1.807) is 30.1 Å². The van der Waals surface area contributed by atoms with Crippen LogP contribution in [-0.2, 0) is 4.79 Å². The quantitative estimate of drug-likeness (QED) is 0.267. The van der Waals surface area contributed by atoms with Gasteiger partial charge >= 0.3 is 0 Å². The molecule has 0 aromatic carbocycles. The van der Waals surface area contributed by atoms with Crippen molar-refractivity contribution in [3.8, 4) is 0 Å². The van der Waals surface area contributed by atoms with E-state index in [1.807, 2.05) is 0 Å². The number of hydrazine groups is 1. The largest absolute Gasteiger partial charge is 0.311 e. The number of pyridine rings is 1. The lowest BCUT2D eigenvalue weighted by molar-refractivity contribution is -0.168. The number of nitrogens with zero attached hydrogens (tertiary/aromatic N) is 1. The Balaban J connectivity index is 1.35. The van der Waals surface area contributed by atoms with Gasteiger partial charge in [-0.2, -0.15) is 0 Å². The monoisotopic (exact) mass is 574 g/mol. The average Bonchev–Trinajstić information content (AvgIpc) is 3.08. The molecule has 1 saturated heterocycles. The number of carbonyl (C=O) groups excluding carboxylic acids is 2. The molecule has 0 bridgehead atoms. The Morgan fingerprint density at radius 2 is 1.64 bits per heavy atom. The Kier molecular flexibility index (Phi) is 7.23. The molecule has 5 aliphatic rings. The fourth-order valence-corrected chi connectivity index (χ4v) is 11.6. The molecule has 6 rings (SSSR count). The molecule has 230 valence electrons. The third-order valence-corrected chi connectivity index (χ3v) is 14.3. The molecule has 3 saturated carbocycles. The van der Waals surface area contributed by atoms with Crippen LogP contribution in [0.3, 0.4) is 0 Å². The minimum atomic E-state index is -0.485. The van der Waals surface area contributed by atoms with Gasteiger partial charge in [0.15, 0.2) is 0 Å². The number of hydrogen-bond donors (Lipinski definition) is 3. The number of allylic oxidation sites excluding steroid dienone is 2. The van der Waals surface area contributed by atoms with E-state index in [1.165, 1.54) is 25.7 Å². The van der Waals surface area contributed by atoms with Gasteiger partial charge in [0.1, 0.15) is 0 Å². The molecule has 9 atom stereocenters. The van der Waals surface area contributed by atoms with Gasteiger partial charge in [-0.05, 0) is 136 Å². The molecule has 4 aliphatic carbocycles. The molecular formula is C36H54N4O2. The van der Waals surface area contributed by atoms with E-state index < -0.39 is 5.41 Å². The van der Waals surface area contributed by atoms with Crippen molar-refractivity contribution >= 4 is 11.8 Å².